The molecular formula is C9H8N. The molecule has 0 amide bonds. The molecule has 2 aliphatic rings. The fourth-order valence-corrected chi connectivity index (χ4v) is 1.04. The molecule has 2 rings (SSSR count). The highest BCUT2D eigenvalue weighted by Gasteiger charge is 2.04. The van der Waals surface area contributed by atoms with Gasteiger partial charge >= 0.3 is 0 Å². The summed E-state index contributed by atoms with van der Waals surface area (Å²) in [7, 11) is 0. The van der Waals surface area contributed by atoms with Gasteiger partial charge in [-0.25, -0.2) is 0 Å². The Bertz CT molecular complexity index is 243. The summed E-state index contributed by atoms with van der Waals surface area (Å²) in [5.41, 5.74) is 1.23. The maximum Gasteiger partial charge on any atom is 0.0415 e. The van der Waals surface area contributed by atoms with E-state index in [1.165, 1.54) is 5.70 Å². The topological polar surface area (TPSA) is 3.24 Å². The predicted octanol–water partition coefficient (Wildman–Crippen LogP) is 1.99. The van der Waals surface area contributed by atoms with Crippen molar-refractivity contribution in [2.75, 3.05) is 0 Å². The Morgan fingerprint density at radius 1 is 1.00 bits per heavy atom. The van der Waals surface area contributed by atoms with E-state index in [4.69, 9.17) is 0 Å². The minimum absolute atomic E-state index is 1.23. The van der Waals surface area contributed by atoms with Gasteiger partial charge in [0.05, 0.1) is 0 Å². The summed E-state index contributed by atoms with van der Waals surface area (Å²) in [5, 5.41) is 0. The van der Waals surface area contributed by atoms with Gasteiger partial charge in [-0.05, 0) is 12.2 Å². The maximum atomic E-state index is 2.08. The van der Waals surface area contributed by atoms with E-state index in [1.54, 1.807) is 0 Å². The number of nitrogens with zero attached hydrogens (tertiary/aromatic N) is 1. The first-order valence-electron chi connectivity index (χ1n) is 3.32. The van der Waals surface area contributed by atoms with Gasteiger partial charge in [-0.15, -0.1) is 0 Å². The number of hydrogen-bond donors (Lipinski definition) is 0. The van der Waals surface area contributed by atoms with Crippen LogP contribution >= 0.6 is 0 Å². The molecule has 10 heavy (non-hydrogen) atoms. The molecule has 0 saturated heterocycles. The molecule has 0 fully saturated rings. The smallest absolute Gasteiger partial charge is 0.0415 e. The van der Waals surface area contributed by atoms with Gasteiger partial charge in [-0.1, -0.05) is 18.2 Å². The van der Waals surface area contributed by atoms with E-state index in [0.717, 1.165) is 0 Å². The quantitative estimate of drug-likeness (QED) is 0.484. The summed E-state index contributed by atoms with van der Waals surface area (Å²) in [6, 6.07) is 0. The SMILES string of the molecule is [CH]1C=CN2C=CC=CC2=C1. The average molecular weight is 130 g/mol. The Morgan fingerprint density at radius 3 is 2.80 bits per heavy atom. The van der Waals surface area contributed by atoms with Crippen LogP contribution in [0, 0.1) is 6.42 Å². The summed E-state index contributed by atoms with van der Waals surface area (Å²) in [6.07, 6.45) is 16.4. The lowest BCUT2D eigenvalue weighted by Crippen LogP contribution is -2.11. The second-order valence-corrected chi connectivity index (χ2v) is 2.23. The summed E-state index contributed by atoms with van der Waals surface area (Å²) in [6.45, 7) is 0. The van der Waals surface area contributed by atoms with Crippen molar-refractivity contribution in [3.8, 4) is 0 Å². The van der Waals surface area contributed by atoms with Crippen molar-refractivity contribution in [2.45, 2.75) is 0 Å². The zero-order chi connectivity index (χ0) is 6.81. The van der Waals surface area contributed by atoms with Crippen LogP contribution in [-0.4, -0.2) is 4.90 Å². The van der Waals surface area contributed by atoms with Gasteiger partial charge in [-0.2, -0.15) is 0 Å². The van der Waals surface area contributed by atoms with Crippen LogP contribution in [0.5, 0.6) is 0 Å². The Hall–Kier alpha value is -1.24. The third-order valence-corrected chi connectivity index (χ3v) is 1.55. The highest BCUT2D eigenvalue weighted by molar-refractivity contribution is 5.35. The molecule has 49 valence electrons. The molecule has 0 bridgehead atoms. The van der Waals surface area contributed by atoms with Crippen molar-refractivity contribution in [3.05, 3.63) is 54.9 Å². The van der Waals surface area contributed by atoms with Crippen molar-refractivity contribution >= 4 is 0 Å². The molecule has 2 heterocycles. The average Bonchev–Trinajstić information content (AvgIpc) is 2.05. The van der Waals surface area contributed by atoms with Gasteiger partial charge in [0.25, 0.3) is 0 Å². The normalized spacial score (nSPS) is 20.8. The first-order chi connectivity index (χ1) is 4.97. The van der Waals surface area contributed by atoms with E-state index in [1.807, 2.05) is 37.0 Å². The minimum atomic E-state index is 1.23. The molecule has 0 unspecified atom stereocenters. The predicted molar refractivity (Wildman–Crippen MR) is 41.6 cm³/mol. The number of hydrogen-bond acceptors (Lipinski definition) is 1. The van der Waals surface area contributed by atoms with Gasteiger partial charge in [0.2, 0.25) is 0 Å². The number of rotatable bonds is 0. The Morgan fingerprint density at radius 2 is 1.90 bits per heavy atom. The lowest BCUT2D eigenvalue weighted by Gasteiger charge is -2.21. The van der Waals surface area contributed by atoms with Gasteiger partial charge in [-0.3, -0.25) is 0 Å². The summed E-state index contributed by atoms with van der Waals surface area (Å²) >= 11 is 0. The van der Waals surface area contributed by atoms with E-state index < -0.39 is 0 Å². The van der Waals surface area contributed by atoms with Gasteiger partial charge < -0.3 is 4.90 Å². The first kappa shape index (κ1) is 5.54. The van der Waals surface area contributed by atoms with Crippen LogP contribution in [0.2, 0.25) is 0 Å². The van der Waals surface area contributed by atoms with Crippen molar-refractivity contribution in [1.82, 2.24) is 4.90 Å². The third kappa shape index (κ3) is 0.798. The van der Waals surface area contributed by atoms with Crippen molar-refractivity contribution in [3.63, 3.8) is 0 Å². The minimum Gasteiger partial charge on any atom is -0.324 e. The number of fused-ring (bicyclic) bond motifs is 1. The highest BCUT2D eigenvalue weighted by Crippen LogP contribution is 2.16. The zero-order valence-corrected chi connectivity index (χ0v) is 5.57. The third-order valence-electron chi connectivity index (χ3n) is 1.55. The lowest BCUT2D eigenvalue weighted by molar-refractivity contribution is 0.638. The summed E-state index contributed by atoms with van der Waals surface area (Å²) < 4.78 is 0. The van der Waals surface area contributed by atoms with Crippen LogP contribution in [0.1, 0.15) is 0 Å². The molecular weight excluding hydrogens is 122 g/mol. The Balaban J connectivity index is 2.33. The second kappa shape index (κ2) is 2.18. The molecule has 0 spiro atoms. The Labute approximate surface area is 60.6 Å². The molecule has 0 aromatic carbocycles. The molecule has 1 nitrogen and oxygen atoms in total. The van der Waals surface area contributed by atoms with Crippen molar-refractivity contribution in [2.24, 2.45) is 0 Å². The summed E-state index contributed by atoms with van der Waals surface area (Å²) in [5.74, 6) is 0. The largest absolute Gasteiger partial charge is 0.324 e. The van der Waals surface area contributed by atoms with Crippen LogP contribution in [0.4, 0.5) is 0 Å². The van der Waals surface area contributed by atoms with Crippen molar-refractivity contribution < 1.29 is 0 Å². The zero-order valence-electron chi connectivity index (χ0n) is 5.57. The van der Waals surface area contributed by atoms with E-state index in [0.29, 0.717) is 0 Å². The fraction of sp³-hybridized carbons (Fsp3) is 0. The van der Waals surface area contributed by atoms with Gasteiger partial charge in [0.1, 0.15) is 0 Å². The highest BCUT2D eigenvalue weighted by atomic mass is 15.1. The van der Waals surface area contributed by atoms with E-state index in [9.17, 15) is 0 Å². The van der Waals surface area contributed by atoms with E-state index in [-0.39, 0.29) is 0 Å². The van der Waals surface area contributed by atoms with Crippen LogP contribution in [0.25, 0.3) is 0 Å². The van der Waals surface area contributed by atoms with Crippen LogP contribution in [0.15, 0.2) is 48.5 Å². The molecule has 2 aliphatic heterocycles. The van der Waals surface area contributed by atoms with Gasteiger partial charge in [0.15, 0.2) is 0 Å². The summed E-state index contributed by atoms with van der Waals surface area (Å²) in [4.78, 5) is 2.08. The van der Waals surface area contributed by atoms with Gasteiger partial charge in [0, 0.05) is 24.5 Å². The van der Waals surface area contributed by atoms with E-state index >= 15 is 0 Å². The molecule has 1 heteroatoms. The maximum absolute atomic E-state index is 2.08. The first-order valence-corrected chi connectivity index (χ1v) is 3.32. The fourth-order valence-electron chi connectivity index (χ4n) is 1.04. The molecule has 1 radical (unpaired) electrons. The standard InChI is InChI=1S/C9H8N/c1-3-7-10-8-4-2-6-9(10)5-1/h1-8H. The van der Waals surface area contributed by atoms with Crippen LogP contribution in [-0.2, 0) is 0 Å². The molecule has 0 aliphatic carbocycles. The second-order valence-electron chi connectivity index (χ2n) is 2.23. The lowest BCUT2D eigenvalue weighted by atomic mass is 10.2. The molecule has 0 aromatic heterocycles. The van der Waals surface area contributed by atoms with Crippen LogP contribution in [0.3, 0.4) is 0 Å². The molecule has 0 aromatic rings. The van der Waals surface area contributed by atoms with E-state index in [2.05, 4.69) is 17.1 Å². The van der Waals surface area contributed by atoms with Crippen LogP contribution < -0.4 is 0 Å². The molecule has 0 saturated carbocycles. The number of allylic oxidation sites excluding steroid dienone is 5. The molecule has 0 N–H and O–H groups in total. The molecule has 0 atom stereocenters. The monoisotopic (exact) mass is 130 g/mol. The Kier molecular flexibility index (Phi) is 1.21. The van der Waals surface area contributed by atoms with Crippen molar-refractivity contribution in [1.29, 1.82) is 0 Å².